The number of hydrogen-bond acceptors (Lipinski definition) is 3. The molecular weight excluding hydrogens is 283 g/mol. The van der Waals surface area contributed by atoms with Crippen molar-refractivity contribution in [2.45, 2.75) is 38.4 Å². The van der Waals surface area contributed by atoms with Crippen LogP contribution in [-0.4, -0.2) is 23.6 Å². The van der Waals surface area contributed by atoms with Gasteiger partial charge < -0.3 is 15.8 Å². The maximum Gasteiger partial charge on any atom is 0.417 e. The lowest BCUT2D eigenvalue weighted by molar-refractivity contribution is -0.137. The molecule has 1 unspecified atom stereocenters. The summed E-state index contributed by atoms with van der Waals surface area (Å²) in [5.41, 5.74) is 4.66. The smallest absolute Gasteiger partial charge is 0.409 e. The number of anilines is 1. The van der Waals surface area contributed by atoms with Crippen molar-refractivity contribution in [3.63, 3.8) is 0 Å². The van der Waals surface area contributed by atoms with Gasteiger partial charge in [-0.2, -0.15) is 13.2 Å². The Hall–Kier alpha value is -1.92. The molecule has 1 aromatic carbocycles. The zero-order valence-corrected chi connectivity index (χ0v) is 11.7. The van der Waals surface area contributed by atoms with E-state index in [2.05, 4.69) is 5.16 Å². The van der Waals surface area contributed by atoms with E-state index in [1.165, 1.54) is 6.07 Å². The van der Waals surface area contributed by atoms with Crippen molar-refractivity contribution in [1.29, 1.82) is 0 Å². The summed E-state index contributed by atoms with van der Waals surface area (Å²) < 4.78 is 39.5. The Morgan fingerprint density at radius 3 is 2.67 bits per heavy atom. The first kappa shape index (κ1) is 15.5. The van der Waals surface area contributed by atoms with Crippen LogP contribution in [0.4, 0.5) is 18.9 Å². The molecule has 7 heteroatoms. The highest BCUT2D eigenvalue weighted by molar-refractivity contribution is 5.99. The Labute approximate surface area is 121 Å². The molecule has 2 rings (SSSR count). The standard InChI is InChI=1S/C14H18F3N3O/c1-9-4-2-3-7-20(9)10-5-6-11(13(18)19-21)12(8-10)14(15,16)17/h5-6,8-9,21H,2-4,7H2,1H3,(H2,18,19). The number of benzene rings is 1. The summed E-state index contributed by atoms with van der Waals surface area (Å²) >= 11 is 0. The predicted octanol–water partition coefficient (Wildman–Crippen LogP) is 3.18. The van der Waals surface area contributed by atoms with Crippen molar-refractivity contribution in [2.75, 3.05) is 11.4 Å². The van der Waals surface area contributed by atoms with Crippen molar-refractivity contribution in [3.8, 4) is 0 Å². The van der Waals surface area contributed by atoms with Crippen LogP contribution in [0.3, 0.4) is 0 Å². The van der Waals surface area contributed by atoms with E-state index in [0.717, 1.165) is 31.9 Å². The van der Waals surface area contributed by atoms with E-state index >= 15 is 0 Å². The minimum absolute atomic E-state index is 0.203. The Morgan fingerprint density at radius 1 is 1.38 bits per heavy atom. The lowest BCUT2D eigenvalue weighted by atomic mass is 10.00. The van der Waals surface area contributed by atoms with E-state index < -0.39 is 17.6 Å². The van der Waals surface area contributed by atoms with Crippen LogP contribution in [-0.2, 0) is 6.18 Å². The van der Waals surface area contributed by atoms with Crippen molar-refractivity contribution >= 4 is 11.5 Å². The van der Waals surface area contributed by atoms with Crippen LogP contribution in [0.15, 0.2) is 23.4 Å². The fraction of sp³-hybridized carbons (Fsp3) is 0.500. The highest BCUT2D eigenvalue weighted by atomic mass is 19.4. The molecule has 0 saturated carbocycles. The van der Waals surface area contributed by atoms with E-state index in [1.807, 2.05) is 11.8 Å². The lowest BCUT2D eigenvalue weighted by Crippen LogP contribution is -2.37. The van der Waals surface area contributed by atoms with Gasteiger partial charge in [-0.25, -0.2) is 0 Å². The SMILES string of the molecule is CC1CCCCN1c1ccc(/C(N)=N/O)c(C(F)(F)F)c1. The Balaban J connectivity index is 2.46. The molecule has 1 fully saturated rings. The van der Waals surface area contributed by atoms with E-state index in [9.17, 15) is 13.2 Å². The molecule has 0 amide bonds. The van der Waals surface area contributed by atoms with Crippen LogP contribution in [0.5, 0.6) is 0 Å². The molecule has 0 bridgehead atoms. The van der Waals surface area contributed by atoms with E-state index in [0.29, 0.717) is 5.69 Å². The van der Waals surface area contributed by atoms with Crippen LogP contribution < -0.4 is 10.6 Å². The van der Waals surface area contributed by atoms with Gasteiger partial charge in [0.15, 0.2) is 5.84 Å². The number of rotatable bonds is 2. The summed E-state index contributed by atoms with van der Waals surface area (Å²) in [5.74, 6) is -0.541. The zero-order valence-electron chi connectivity index (χ0n) is 11.7. The number of oxime groups is 1. The number of hydrogen-bond donors (Lipinski definition) is 2. The van der Waals surface area contributed by atoms with Gasteiger partial charge in [0, 0.05) is 23.8 Å². The van der Waals surface area contributed by atoms with Gasteiger partial charge >= 0.3 is 6.18 Å². The highest BCUT2D eigenvalue weighted by Gasteiger charge is 2.35. The third-order valence-corrected chi connectivity index (χ3v) is 3.83. The number of amidine groups is 1. The molecule has 1 aliphatic heterocycles. The second-order valence-electron chi connectivity index (χ2n) is 5.25. The van der Waals surface area contributed by atoms with E-state index in [1.54, 1.807) is 6.07 Å². The largest absolute Gasteiger partial charge is 0.417 e. The summed E-state index contributed by atoms with van der Waals surface area (Å²) in [5, 5.41) is 11.3. The highest BCUT2D eigenvalue weighted by Crippen LogP contribution is 2.36. The molecule has 3 N–H and O–H groups in total. The normalized spacial score (nSPS) is 20.7. The molecule has 1 heterocycles. The van der Waals surface area contributed by atoms with E-state index in [4.69, 9.17) is 10.9 Å². The third kappa shape index (κ3) is 3.22. The summed E-state index contributed by atoms with van der Waals surface area (Å²) in [6.45, 7) is 2.74. The van der Waals surface area contributed by atoms with Crippen molar-refractivity contribution in [3.05, 3.63) is 29.3 Å². The number of nitrogens with zero attached hydrogens (tertiary/aromatic N) is 2. The summed E-state index contributed by atoms with van der Waals surface area (Å²) in [7, 11) is 0. The minimum atomic E-state index is -4.56. The monoisotopic (exact) mass is 301 g/mol. The number of alkyl halides is 3. The molecular formula is C14H18F3N3O. The molecule has 1 aliphatic rings. The molecule has 4 nitrogen and oxygen atoms in total. The Kier molecular flexibility index (Phi) is 4.29. The fourth-order valence-corrected chi connectivity index (χ4v) is 2.70. The van der Waals surface area contributed by atoms with Crippen LogP contribution in [0, 0.1) is 0 Å². The average molecular weight is 301 g/mol. The van der Waals surface area contributed by atoms with Crippen molar-refractivity contribution in [1.82, 2.24) is 0 Å². The van der Waals surface area contributed by atoms with Gasteiger partial charge in [0.1, 0.15) is 0 Å². The van der Waals surface area contributed by atoms with Gasteiger partial charge in [-0.15, -0.1) is 0 Å². The van der Waals surface area contributed by atoms with Gasteiger partial charge in [0.25, 0.3) is 0 Å². The maximum absolute atomic E-state index is 13.2. The van der Waals surface area contributed by atoms with Crippen molar-refractivity contribution < 1.29 is 18.4 Å². The molecule has 0 aromatic heterocycles. The molecule has 0 spiro atoms. The molecule has 21 heavy (non-hydrogen) atoms. The van der Waals surface area contributed by atoms with Crippen LogP contribution in [0.1, 0.15) is 37.3 Å². The first-order chi connectivity index (χ1) is 9.84. The van der Waals surface area contributed by atoms with Gasteiger partial charge in [0.05, 0.1) is 5.56 Å². The molecule has 1 saturated heterocycles. The van der Waals surface area contributed by atoms with Crippen LogP contribution >= 0.6 is 0 Å². The third-order valence-electron chi connectivity index (χ3n) is 3.83. The topological polar surface area (TPSA) is 61.8 Å². The van der Waals surface area contributed by atoms with Gasteiger partial charge in [0.2, 0.25) is 0 Å². The van der Waals surface area contributed by atoms with Crippen LogP contribution in [0.25, 0.3) is 0 Å². The molecule has 1 atom stereocenters. The quantitative estimate of drug-likeness (QED) is 0.382. The van der Waals surface area contributed by atoms with Crippen LogP contribution in [0.2, 0.25) is 0 Å². The van der Waals surface area contributed by atoms with E-state index in [-0.39, 0.29) is 11.6 Å². The first-order valence-electron chi connectivity index (χ1n) is 6.80. The van der Waals surface area contributed by atoms with Gasteiger partial charge in [-0.1, -0.05) is 5.16 Å². The second kappa shape index (κ2) is 5.83. The summed E-state index contributed by atoms with van der Waals surface area (Å²) in [4.78, 5) is 1.97. The number of nitrogens with two attached hydrogens (primary N) is 1. The lowest BCUT2D eigenvalue weighted by Gasteiger charge is -2.36. The fourth-order valence-electron chi connectivity index (χ4n) is 2.70. The maximum atomic E-state index is 13.2. The molecule has 0 radical (unpaired) electrons. The molecule has 1 aromatic rings. The van der Waals surface area contributed by atoms with Gasteiger partial charge in [-0.3, -0.25) is 0 Å². The first-order valence-corrected chi connectivity index (χ1v) is 6.80. The molecule has 116 valence electrons. The molecule has 0 aliphatic carbocycles. The summed E-state index contributed by atoms with van der Waals surface area (Å²) in [6.07, 6.45) is -1.54. The zero-order chi connectivity index (χ0) is 15.6. The summed E-state index contributed by atoms with van der Waals surface area (Å²) in [6, 6.07) is 4.13. The van der Waals surface area contributed by atoms with Crippen molar-refractivity contribution in [2.24, 2.45) is 10.9 Å². The Bertz CT molecular complexity index is 543. The number of piperidine rings is 1. The minimum Gasteiger partial charge on any atom is -0.409 e. The predicted molar refractivity (Wildman–Crippen MR) is 74.6 cm³/mol. The van der Waals surface area contributed by atoms with Gasteiger partial charge in [-0.05, 0) is 44.4 Å². The number of halogens is 3. The Morgan fingerprint density at radius 2 is 2.10 bits per heavy atom. The average Bonchev–Trinajstić information content (AvgIpc) is 2.45. The second-order valence-corrected chi connectivity index (χ2v) is 5.25.